The molecule has 6 heteroatoms. The van der Waals surface area contributed by atoms with Crippen molar-refractivity contribution in [3.63, 3.8) is 0 Å². The van der Waals surface area contributed by atoms with Crippen molar-refractivity contribution in [1.29, 1.82) is 0 Å². The third-order valence-electron chi connectivity index (χ3n) is 3.68. The zero-order valence-electron chi connectivity index (χ0n) is 11.6. The SMILES string of the molecule is Cc1cc(C(=O)NC2CCNC2)c(C)n1-c1nccs1. The van der Waals surface area contributed by atoms with Crippen molar-refractivity contribution in [2.45, 2.75) is 26.3 Å². The number of carbonyl (C=O) groups is 1. The highest BCUT2D eigenvalue weighted by Gasteiger charge is 2.21. The fourth-order valence-corrected chi connectivity index (χ4v) is 3.41. The minimum absolute atomic E-state index is 0.00889. The Labute approximate surface area is 122 Å². The lowest BCUT2D eigenvalue weighted by molar-refractivity contribution is 0.0939. The molecule has 0 saturated carbocycles. The number of nitrogens with one attached hydrogen (secondary N) is 2. The minimum atomic E-state index is 0.00889. The molecule has 20 heavy (non-hydrogen) atoms. The molecule has 1 atom stereocenters. The maximum absolute atomic E-state index is 12.4. The van der Waals surface area contributed by atoms with Gasteiger partial charge in [-0.15, -0.1) is 11.3 Å². The van der Waals surface area contributed by atoms with Gasteiger partial charge < -0.3 is 10.6 Å². The first-order valence-electron chi connectivity index (χ1n) is 6.77. The van der Waals surface area contributed by atoms with Gasteiger partial charge in [0.1, 0.15) is 0 Å². The van der Waals surface area contributed by atoms with Gasteiger partial charge >= 0.3 is 0 Å². The summed E-state index contributed by atoms with van der Waals surface area (Å²) < 4.78 is 2.03. The van der Waals surface area contributed by atoms with Crippen LogP contribution in [0.5, 0.6) is 0 Å². The van der Waals surface area contributed by atoms with Crippen LogP contribution in [0.3, 0.4) is 0 Å². The van der Waals surface area contributed by atoms with Gasteiger partial charge in [-0.25, -0.2) is 4.98 Å². The van der Waals surface area contributed by atoms with Crippen LogP contribution in [0.2, 0.25) is 0 Å². The lowest BCUT2D eigenvalue weighted by atomic mass is 10.2. The number of thiazole rings is 1. The Morgan fingerprint density at radius 3 is 3.05 bits per heavy atom. The first-order chi connectivity index (χ1) is 9.66. The fraction of sp³-hybridized carbons (Fsp3) is 0.429. The van der Waals surface area contributed by atoms with Crippen LogP contribution in [0.4, 0.5) is 0 Å². The van der Waals surface area contributed by atoms with E-state index in [2.05, 4.69) is 15.6 Å². The molecule has 5 nitrogen and oxygen atoms in total. The third-order valence-corrected chi connectivity index (χ3v) is 4.44. The van der Waals surface area contributed by atoms with Crippen LogP contribution >= 0.6 is 11.3 Å². The van der Waals surface area contributed by atoms with E-state index in [4.69, 9.17) is 0 Å². The molecule has 1 unspecified atom stereocenters. The number of carbonyl (C=O) groups excluding carboxylic acids is 1. The molecule has 1 fully saturated rings. The van der Waals surface area contributed by atoms with Crippen molar-refractivity contribution in [2.75, 3.05) is 13.1 Å². The monoisotopic (exact) mass is 290 g/mol. The van der Waals surface area contributed by atoms with Gasteiger partial charge in [0.25, 0.3) is 5.91 Å². The van der Waals surface area contributed by atoms with Gasteiger partial charge in [0.05, 0.1) is 5.56 Å². The van der Waals surface area contributed by atoms with Crippen molar-refractivity contribution in [3.05, 3.63) is 34.6 Å². The van der Waals surface area contributed by atoms with Crippen molar-refractivity contribution in [1.82, 2.24) is 20.2 Å². The van der Waals surface area contributed by atoms with E-state index in [1.165, 1.54) is 0 Å². The first-order valence-corrected chi connectivity index (χ1v) is 7.65. The number of rotatable bonds is 3. The molecular weight excluding hydrogens is 272 g/mol. The van der Waals surface area contributed by atoms with Crippen LogP contribution < -0.4 is 10.6 Å². The number of hydrogen-bond donors (Lipinski definition) is 2. The maximum Gasteiger partial charge on any atom is 0.253 e. The molecule has 0 radical (unpaired) electrons. The summed E-state index contributed by atoms with van der Waals surface area (Å²) in [6.07, 6.45) is 2.78. The summed E-state index contributed by atoms with van der Waals surface area (Å²) in [5.74, 6) is 0.00889. The van der Waals surface area contributed by atoms with E-state index in [1.807, 2.05) is 29.9 Å². The lowest BCUT2D eigenvalue weighted by Gasteiger charge is -2.11. The Morgan fingerprint density at radius 1 is 1.55 bits per heavy atom. The fourth-order valence-electron chi connectivity index (χ4n) is 2.65. The summed E-state index contributed by atoms with van der Waals surface area (Å²) >= 11 is 1.57. The van der Waals surface area contributed by atoms with E-state index in [9.17, 15) is 4.79 Å². The minimum Gasteiger partial charge on any atom is -0.348 e. The maximum atomic E-state index is 12.4. The van der Waals surface area contributed by atoms with E-state index in [0.717, 1.165) is 41.6 Å². The van der Waals surface area contributed by atoms with Gasteiger partial charge in [-0.3, -0.25) is 9.36 Å². The smallest absolute Gasteiger partial charge is 0.253 e. The molecule has 3 heterocycles. The van der Waals surface area contributed by atoms with Gasteiger partial charge in [-0.1, -0.05) is 0 Å². The van der Waals surface area contributed by atoms with Gasteiger partial charge in [0.15, 0.2) is 5.13 Å². The normalized spacial score (nSPS) is 18.4. The molecule has 0 aliphatic carbocycles. The Morgan fingerprint density at radius 2 is 2.40 bits per heavy atom. The van der Waals surface area contributed by atoms with E-state index in [1.54, 1.807) is 17.5 Å². The van der Waals surface area contributed by atoms with Crippen LogP contribution in [0.25, 0.3) is 5.13 Å². The van der Waals surface area contributed by atoms with E-state index in [0.29, 0.717) is 0 Å². The predicted octanol–water partition coefficient (Wildman–Crippen LogP) is 1.64. The van der Waals surface area contributed by atoms with E-state index in [-0.39, 0.29) is 11.9 Å². The molecule has 106 valence electrons. The average molecular weight is 290 g/mol. The third kappa shape index (κ3) is 2.36. The summed E-state index contributed by atoms with van der Waals surface area (Å²) in [6.45, 7) is 5.80. The van der Waals surface area contributed by atoms with Crippen LogP contribution in [0, 0.1) is 13.8 Å². The zero-order chi connectivity index (χ0) is 14.1. The molecule has 2 aromatic heterocycles. The molecular formula is C14H18N4OS. The number of amides is 1. The molecule has 1 aliphatic heterocycles. The quantitative estimate of drug-likeness (QED) is 0.903. The molecule has 0 bridgehead atoms. The molecule has 0 aromatic carbocycles. The average Bonchev–Trinajstić information content (AvgIpc) is 3.11. The molecule has 0 spiro atoms. The van der Waals surface area contributed by atoms with Crippen molar-refractivity contribution in [3.8, 4) is 5.13 Å². The molecule has 1 aliphatic rings. The topological polar surface area (TPSA) is 59.0 Å². The number of aryl methyl sites for hydroxylation is 1. The van der Waals surface area contributed by atoms with Crippen LogP contribution in [-0.2, 0) is 0 Å². The standard InChI is InChI=1S/C14H18N4OS/c1-9-7-12(13(19)17-11-3-4-15-8-11)10(2)18(9)14-16-5-6-20-14/h5-7,11,15H,3-4,8H2,1-2H3,(H,17,19). The van der Waals surface area contributed by atoms with E-state index < -0.39 is 0 Å². The number of aromatic nitrogens is 2. The van der Waals surface area contributed by atoms with Crippen LogP contribution in [-0.4, -0.2) is 34.6 Å². The summed E-state index contributed by atoms with van der Waals surface area (Å²) in [5, 5.41) is 9.19. The summed E-state index contributed by atoms with van der Waals surface area (Å²) in [4.78, 5) is 16.7. The van der Waals surface area contributed by atoms with Crippen LogP contribution in [0.15, 0.2) is 17.6 Å². The Hall–Kier alpha value is -1.66. The Balaban J connectivity index is 1.87. The summed E-state index contributed by atoms with van der Waals surface area (Å²) in [7, 11) is 0. The summed E-state index contributed by atoms with van der Waals surface area (Å²) in [5.41, 5.74) is 2.72. The second-order valence-electron chi connectivity index (χ2n) is 5.10. The highest BCUT2D eigenvalue weighted by molar-refractivity contribution is 7.12. The highest BCUT2D eigenvalue weighted by Crippen LogP contribution is 2.22. The van der Waals surface area contributed by atoms with Gasteiger partial charge in [0, 0.05) is 35.6 Å². The highest BCUT2D eigenvalue weighted by atomic mass is 32.1. The molecule has 1 saturated heterocycles. The van der Waals surface area contributed by atoms with Gasteiger partial charge in [-0.2, -0.15) is 0 Å². The largest absolute Gasteiger partial charge is 0.348 e. The summed E-state index contributed by atoms with van der Waals surface area (Å²) in [6, 6.07) is 2.18. The predicted molar refractivity (Wildman–Crippen MR) is 79.7 cm³/mol. The van der Waals surface area contributed by atoms with Gasteiger partial charge in [-0.05, 0) is 32.9 Å². The molecule has 2 N–H and O–H groups in total. The zero-order valence-corrected chi connectivity index (χ0v) is 12.5. The number of nitrogens with zero attached hydrogens (tertiary/aromatic N) is 2. The molecule has 3 rings (SSSR count). The Bertz CT molecular complexity index is 611. The van der Waals surface area contributed by atoms with Gasteiger partial charge in [0.2, 0.25) is 0 Å². The Kier molecular flexibility index (Phi) is 3.58. The first kappa shape index (κ1) is 13.3. The second kappa shape index (κ2) is 5.38. The lowest BCUT2D eigenvalue weighted by Crippen LogP contribution is -2.36. The van der Waals surface area contributed by atoms with Crippen LogP contribution in [0.1, 0.15) is 28.2 Å². The molecule has 2 aromatic rings. The van der Waals surface area contributed by atoms with Crippen molar-refractivity contribution >= 4 is 17.2 Å². The van der Waals surface area contributed by atoms with E-state index >= 15 is 0 Å². The number of hydrogen-bond acceptors (Lipinski definition) is 4. The van der Waals surface area contributed by atoms with Crippen molar-refractivity contribution in [2.24, 2.45) is 0 Å². The second-order valence-corrected chi connectivity index (χ2v) is 5.97. The molecule has 1 amide bonds. The van der Waals surface area contributed by atoms with Crippen molar-refractivity contribution < 1.29 is 4.79 Å².